The van der Waals surface area contributed by atoms with E-state index in [1.54, 1.807) is 25.1 Å². The number of aromatic nitrogens is 2. The molecule has 2 heterocycles. The van der Waals surface area contributed by atoms with Gasteiger partial charge in [-0.05, 0) is 24.1 Å². The molecule has 27 heavy (non-hydrogen) atoms. The molecule has 0 bridgehead atoms. The van der Waals surface area contributed by atoms with Gasteiger partial charge in [0.15, 0.2) is 0 Å². The molecule has 0 amide bonds. The Morgan fingerprint density at radius 2 is 2.11 bits per heavy atom. The van der Waals surface area contributed by atoms with Gasteiger partial charge in [0.1, 0.15) is 16.3 Å². The molecule has 0 fully saturated rings. The second-order valence-corrected chi connectivity index (χ2v) is 6.81. The molecule has 0 spiro atoms. The second-order valence-electron chi connectivity index (χ2n) is 5.81. The Morgan fingerprint density at radius 1 is 1.33 bits per heavy atom. The molecule has 0 aliphatic carbocycles. The topological polar surface area (TPSA) is 94.2 Å². The minimum atomic E-state index is -0.492. The van der Waals surface area contributed by atoms with Crippen LogP contribution in [0.25, 0.3) is 10.2 Å². The largest absolute Gasteiger partial charge is 0.459 e. The first-order valence-corrected chi connectivity index (χ1v) is 9.01. The van der Waals surface area contributed by atoms with Gasteiger partial charge >= 0.3 is 5.97 Å². The summed E-state index contributed by atoms with van der Waals surface area (Å²) in [6.45, 7) is 2.39. The van der Waals surface area contributed by atoms with Crippen molar-refractivity contribution in [1.82, 2.24) is 9.55 Å². The normalized spacial score (nSPS) is 10.7. The maximum Gasteiger partial charge on any atom is 0.348 e. The number of carbonyl (C=O) groups excluding carboxylic acids is 1. The van der Waals surface area contributed by atoms with Crippen LogP contribution >= 0.6 is 11.3 Å². The van der Waals surface area contributed by atoms with Crippen LogP contribution in [-0.2, 0) is 16.0 Å². The zero-order valence-corrected chi connectivity index (χ0v) is 15.7. The van der Waals surface area contributed by atoms with Gasteiger partial charge in [-0.25, -0.2) is 9.78 Å². The first kappa shape index (κ1) is 18.8. The van der Waals surface area contributed by atoms with Crippen molar-refractivity contribution in [3.8, 4) is 6.07 Å². The Kier molecular flexibility index (Phi) is 5.64. The highest BCUT2D eigenvalue weighted by Gasteiger charge is 2.20. The molecule has 2 aromatic heterocycles. The summed E-state index contributed by atoms with van der Waals surface area (Å²) in [5, 5.41) is 9.62. The lowest BCUT2D eigenvalue weighted by Gasteiger charge is -2.07. The third-order valence-electron chi connectivity index (χ3n) is 4.10. The smallest absolute Gasteiger partial charge is 0.348 e. The summed E-state index contributed by atoms with van der Waals surface area (Å²) in [4.78, 5) is 30.3. The first-order chi connectivity index (χ1) is 13.1. The zero-order valence-electron chi connectivity index (χ0n) is 14.9. The summed E-state index contributed by atoms with van der Waals surface area (Å²) in [5.74, 6) is -0.492. The third kappa shape index (κ3) is 3.74. The number of methoxy groups -OCH3 is 1. The number of fused-ring (bicyclic) bond motifs is 1. The van der Waals surface area contributed by atoms with E-state index in [-0.39, 0.29) is 18.7 Å². The van der Waals surface area contributed by atoms with Crippen molar-refractivity contribution in [3.63, 3.8) is 0 Å². The van der Waals surface area contributed by atoms with Crippen LogP contribution in [0.2, 0.25) is 0 Å². The lowest BCUT2D eigenvalue weighted by atomic mass is 10.1. The Balaban J connectivity index is 1.98. The van der Waals surface area contributed by atoms with Gasteiger partial charge in [0.2, 0.25) is 0 Å². The molecular weight excluding hydrogens is 366 g/mol. The molecule has 0 saturated heterocycles. The minimum absolute atomic E-state index is 0.144. The number of esters is 1. The van der Waals surface area contributed by atoms with E-state index in [1.807, 2.05) is 6.07 Å². The van der Waals surface area contributed by atoms with Gasteiger partial charge in [-0.2, -0.15) is 5.26 Å². The van der Waals surface area contributed by atoms with Crippen LogP contribution in [-0.4, -0.2) is 35.8 Å². The van der Waals surface area contributed by atoms with E-state index in [0.717, 1.165) is 16.9 Å². The van der Waals surface area contributed by atoms with Crippen molar-refractivity contribution in [3.05, 3.63) is 62.5 Å². The Hall–Kier alpha value is -3.02. The van der Waals surface area contributed by atoms with Crippen LogP contribution in [0.1, 0.15) is 26.4 Å². The minimum Gasteiger partial charge on any atom is -0.459 e. The zero-order chi connectivity index (χ0) is 19.4. The molecule has 0 radical (unpaired) electrons. The standard InChI is InChI=1S/C19H17N3O4S/c1-12-15-17(27-16(12)19(24)26-8-7-25-2)21-11-22(18(15)23)10-14-6-4-3-5-13(14)9-20/h3-6,11H,7-8,10H2,1-2H3. The maximum atomic E-state index is 12.9. The van der Waals surface area contributed by atoms with Crippen molar-refractivity contribution in [2.24, 2.45) is 0 Å². The van der Waals surface area contributed by atoms with Crippen LogP contribution in [0.4, 0.5) is 0 Å². The predicted molar refractivity (Wildman–Crippen MR) is 101 cm³/mol. The van der Waals surface area contributed by atoms with Gasteiger partial charge in [0.25, 0.3) is 5.56 Å². The fraction of sp³-hybridized carbons (Fsp3) is 0.263. The van der Waals surface area contributed by atoms with Gasteiger partial charge in [-0.3, -0.25) is 9.36 Å². The maximum absolute atomic E-state index is 12.9. The molecule has 0 unspecified atom stereocenters. The average Bonchev–Trinajstić information content (AvgIpc) is 3.02. The molecular formula is C19H17N3O4S. The summed E-state index contributed by atoms with van der Waals surface area (Å²) in [6, 6.07) is 9.22. The van der Waals surface area contributed by atoms with Crippen LogP contribution in [0.15, 0.2) is 35.4 Å². The summed E-state index contributed by atoms with van der Waals surface area (Å²) < 4.78 is 11.5. The van der Waals surface area contributed by atoms with E-state index in [9.17, 15) is 14.9 Å². The van der Waals surface area contributed by atoms with Gasteiger partial charge in [0, 0.05) is 7.11 Å². The molecule has 8 heteroatoms. The number of benzene rings is 1. The van der Waals surface area contributed by atoms with Gasteiger partial charge in [-0.15, -0.1) is 11.3 Å². The number of ether oxygens (including phenoxy) is 2. The molecule has 0 saturated carbocycles. The molecule has 1 aromatic carbocycles. The number of hydrogen-bond donors (Lipinski definition) is 0. The quantitative estimate of drug-likeness (QED) is 0.479. The van der Waals surface area contributed by atoms with E-state index in [1.165, 1.54) is 18.0 Å². The van der Waals surface area contributed by atoms with E-state index >= 15 is 0 Å². The molecule has 138 valence electrons. The van der Waals surface area contributed by atoms with Crippen molar-refractivity contribution < 1.29 is 14.3 Å². The Labute approximate surface area is 159 Å². The lowest BCUT2D eigenvalue weighted by Crippen LogP contribution is -2.21. The highest BCUT2D eigenvalue weighted by Crippen LogP contribution is 2.27. The molecule has 7 nitrogen and oxygen atoms in total. The van der Waals surface area contributed by atoms with Gasteiger partial charge in [0.05, 0.1) is 36.5 Å². The van der Waals surface area contributed by atoms with Crippen LogP contribution in [0.3, 0.4) is 0 Å². The highest BCUT2D eigenvalue weighted by molar-refractivity contribution is 7.20. The first-order valence-electron chi connectivity index (χ1n) is 8.19. The number of aryl methyl sites for hydroxylation is 1. The molecule has 0 N–H and O–H groups in total. The third-order valence-corrected chi connectivity index (χ3v) is 5.28. The number of nitriles is 1. The SMILES string of the molecule is COCCOC(=O)c1sc2ncn(Cc3ccccc3C#N)c(=O)c2c1C. The van der Waals surface area contributed by atoms with Crippen LogP contribution in [0.5, 0.6) is 0 Å². The monoisotopic (exact) mass is 383 g/mol. The molecule has 0 atom stereocenters. The highest BCUT2D eigenvalue weighted by atomic mass is 32.1. The van der Waals surface area contributed by atoms with Crippen molar-refractivity contribution in [2.45, 2.75) is 13.5 Å². The van der Waals surface area contributed by atoms with Crippen molar-refractivity contribution in [2.75, 3.05) is 20.3 Å². The van der Waals surface area contributed by atoms with E-state index in [4.69, 9.17) is 9.47 Å². The second kappa shape index (κ2) is 8.12. The number of nitrogens with zero attached hydrogens (tertiary/aromatic N) is 3. The molecule has 3 rings (SSSR count). The fourth-order valence-corrected chi connectivity index (χ4v) is 3.73. The molecule has 0 aliphatic heterocycles. The van der Waals surface area contributed by atoms with E-state index < -0.39 is 5.97 Å². The predicted octanol–water partition coefficient (Wildman–Crippen LogP) is 2.49. The Morgan fingerprint density at radius 3 is 2.85 bits per heavy atom. The van der Waals surface area contributed by atoms with Gasteiger partial charge in [-0.1, -0.05) is 18.2 Å². The number of thiophene rings is 1. The summed E-state index contributed by atoms with van der Waals surface area (Å²) >= 11 is 1.13. The van der Waals surface area contributed by atoms with E-state index in [2.05, 4.69) is 11.1 Å². The summed E-state index contributed by atoms with van der Waals surface area (Å²) in [5.41, 5.74) is 1.54. The lowest BCUT2D eigenvalue weighted by molar-refractivity contribution is 0.0393. The molecule has 0 aliphatic rings. The van der Waals surface area contributed by atoms with Crippen molar-refractivity contribution in [1.29, 1.82) is 5.26 Å². The average molecular weight is 383 g/mol. The number of rotatable bonds is 6. The van der Waals surface area contributed by atoms with E-state index in [0.29, 0.717) is 32.8 Å². The van der Waals surface area contributed by atoms with Gasteiger partial charge < -0.3 is 9.47 Å². The Bertz CT molecular complexity index is 1090. The van der Waals surface area contributed by atoms with Crippen LogP contribution < -0.4 is 5.56 Å². The molecule has 3 aromatic rings. The van der Waals surface area contributed by atoms with Crippen LogP contribution in [0, 0.1) is 18.3 Å². The van der Waals surface area contributed by atoms with Crippen molar-refractivity contribution >= 4 is 27.5 Å². The number of hydrogen-bond acceptors (Lipinski definition) is 7. The summed E-state index contributed by atoms with van der Waals surface area (Å²) in [6.07, 6.45) is 1.44. The fourth-order valence-electron chi connectivity index (χ4n) is 2.70. The number of carbonyl (C=O) groups is 1. The summed E-state index contributed by atoms with van der Waals surface area (Å²) in [7, 11) is 1.52.